The Morgan fingerprint density at radius 3 is 1.32 bits per heavy atom. The van der Waals surface area contributed by atoms with Gasteiger partial charge in [-0.2, -0.15) is 0 Å². The van der Waals surface area contributed by atoms with Crippen molar-refractivity contribution in [3.63, 3.8) is 0 Å². The van der Waals surface area contributed by atoms with Gasteiger partial charge in [0.25, 0.3) is 0 Å². The molecule has 0 fully saturated rings. The van der Waals surface area contributed by atoms with Crippen molar-refractivity contribution in [1.82, 2.24) is 0 Å². The molecule has 11 heteroatoms. The zero-order chi connectivity index (χ0) is 19.3. The lowest BCUT2D eigenvalue weighted by atomic mass is 10.0. The third-order valence-electron chi connectivity index (χ3n) is 3.97. The molecule has 0 saturated carbocycles. The van der Waals surface area contributed by atoms with Gasteiger partial charge in [-0.05, 0) is 59.4 Å². The SMILES string of the molecule is CCC(CCCSSSCCCC(CC)C[Si](Cl)(Cl)Cl)C[Si](Cl)(Cl)Cl. The molecule has 0 heterocycles. The summed E-state index contributed by atoms with van der Waals surface area (Å²) in [4.78, 5) is 0. The van der Waals surface area contributed by atoms with Gasteiger partial charge in [0, 0.05) is 11.5 Å². The highest BCUT2D eigenvalue weighted by atomic mass is 35.8. The predicted octanol–water partition coefficient (Wildman–Crippen LogP) is 9.94. The summed E-state index contributed by atoms with van der Waals surface area (Å²) >= 11 is 36.1. The molecular formula is C14H28Cl6S3Si2. The monoisotopic (exact) mass is 558 g/mol. The Balaban J connectivity index is 3.58. The Labute approximate surface area is 195 Å². The molecule has 25 heavy (non-hydrogen) atoms. The second-order valence-corrected chi connectivity index (χ2v) is 29.0. The van der Waals surface area contributed by atoms with Gasteiger partial charge >= 0.3 is 12.0 Å². The van der Waals surface area contributed by atoms with Crippen molar-refractivity contribution in [3.8, 4) is 0 Å². The molecule has 0 N–H and O–H groups in total. The zero-order valence-electron chi connectivity index (χ0n) is 14.7. The Bertz CT molecular complexity index is 299. The Hall–Kier alpha value is 3.22. The van der Waals surface area contributed by atoms with Crippen LogP contribution in [0.4, 0.5) is 0 Å². The molecule has 0 bridgehead atoms. The number of hydrogen-bond acceptors (Lipinski definition) is 3. The summed E-state index contributed by atoms with van der Waals surface area (Å²) in [6.45, 7) is 4.37. The molecule has 0 rings (SSSR count). The summed E-state index contributed by atoms with van der Waals surface area (Å²) < 4.78 is 0. The number of rotatable bonds is 16. The van der Waals surface area contributed by atoms with Gasteiger partial charge in [0.15, 0.2) is 0 Å². The number of halogens is 6. The van der Waals surface area contributed by atoms with E-state index in [2.05, 4.69) is 13.8 Å². The van der Waals surface area contributed by atoms with Gasteiger partial charge in [-0.1, -0.05) is 48.3 Å². The first-order valence-corrected chi connectivity index (χ1v) is 22.9. The first kappa shape index (κ1) is 28.2. The van der Waals surface area contributed by atoms with Crippen LogP contribution in [0.2, 0.25) is 12.1 Å². The predicted molar refractivity (Wildman–Crippen MR) is 135 cm³/mol. The molecule has 0 spiro atoms. The highest BCUT2D eigenvalue weighted by Crippen LogP contribution is 2.38. The Morgan fingerprint density at radius 1 is 0.680 bits per heavy atom. The van der Waals surface area contributed by atoms with Gasteiger partial charge < -0.3 is 0 Å². The van der Waals surface area contributed by atoms with Crippen molar-refractivity contribution in [1.29, 1.82) is 0 Å². The second kappa shape index (κ2) is 16.0. The van der Waals surface area contributed by atoms with Crippen molar-refractivity contribution in [2.45, 2.75) is 64.5 Å². The molecular weight excluding hydrogens is 533 g/mol. The third kappa shape index (κ3) is 20.3. The molecule has 0 aliphatic carbocycles. The van der Waals surface area contributed by atoms with E-state index in [4.69, 9.17) is 66.5 Å². The van der Waals surface area contributed by atoms with Crippen LogP contribution >= 0.6 is 97.9 Å². The fourth-order valence-corrected chi connectivity index (χ4v) is 12.7. The van der Waals surface area contributed by atoms with Crippen LogP contribution in [0, 0.1) is 11.8 Å². The highest BCUT2D eigenvalue weighted by Gasteiger charge is 2.29. The molecule has 0 aliphatic heterocycles. The molecule has 0 aromatic heterocycles. The van der Waals surface area contributed by atoms with Crippen molar-refractivity contribution < 1.29 is 0 Å². The molecule has 152 valence electrons. The summed E-state index contributed by atoms with van der Waals surface area (Å²) in [5.74, 6) is 3.44. The summed E-state index contributed by atoms with van der Waals surface area (Å²) in [7, 11) is 5.76. The van der Waals surface area contributed by atoms with E-state index in [1.165, 1.54) is 12.8 Å². The van der Waals surface area contributed by atoms with E-state index in [1.807, 2.05) is 31.4 Å². The van der Waals surface area contributed by atoms with Crippen molar-refractivity contribution in [3.05, 3.63) is 0 Å². The third-order valence-corrected chi connectivity index (χ3v) is 13.2. The first-order chi connectivity index (χ1) is 11.6. The van der Waals surface area contributed by atoms with E-state index < -0.39 is 12.0 Å². The van der Waals surface area contributed by atoms with Crippen LogP contribution in [-0.4, -0.2) is 23.5 Å². The van der Waals surface area contributed by atoms with Crippen LogP contribution in [-0.2, 0) is 0 Å². The normalized spacial score (nSPS) is 15.4. The van der Waals surface area contributed by atoms with E-state index >= 15 is 0 Å². The van der Waals surface area contributed by atoms with E-state index in [1.54, 1.807) is 0 Å². The Kier molecular flexibility index (Phi) is 18.0. The molecule has 0 radical (unpaired) electrons. The van der Waals surface area contributed by atoms with Crippen LogP contribution in [0.25, 0.3) is 0 Å². The minimum atomic E-state index is -2.48. The maximum atomic E-state index is 6.02. The molecule has 0 aromatic rings. The second-order valence-electron chi connectivity index (χ2n) is 6.18. The molecule has 2 unspecified atom stereocenters. The average molecular weight is 561 g/mol. The van der Waals surface area contributed by atoms with Crippen LogP contribution in [0.1, 0.15) is 52.4 Å². The maximum absolute atomic E-state index is 6.02. The van der Waals surface area contributed by atoms with Gasteiger partial charge in [-0.3, -0.25) is 0 Å². The van der Waals surface area contributed by atoms with E-state index in [0.717, 1.165) is 49.3 Å². The first-order valence-electron chi connectivity index (χ1n) is 8.62. The molecule has 0 saturated heterocycles. The molecule has 0 amide bonds. The fourth-order valence-electron chi connectivity index (χ4n) is 2.52. The van der Waals surface area contributed by atoms with Crippen molar-refractivity contribution in [2.75, 3.05) is 11.5 Å². The lowest BCUT2D eigenvalue weighted by Gasteiger charge is -2.18. The largest absolute Gasteiger partial charge is 0.341 e. The summed E-state index contributed by atoms with van der Waals surface area (Å²) in [6.07, 6.45) is 6.91. The van der Waals surface area contributed by atoms with Crippen molar-refractivity contribution >= 4 is 110 Å². The minimum Gasteiger partial charge on any atom is -0.126 e. The summed E-state index contributed by atoms with van der Waals surface area (Å²) in [5.41, 5.74) is 0. The average Bonchev–Trinajstić information content (AvgIpc) is 2.48. The molecule has 2 atom stereocenters. The van der Waals surface area contributed by atoms with E-state index in [9.17, 15) is 0 Å². The van der Waals surface area contributed by atoms with Gasteiger partial charge in [0.1, 0.15) is 0 Å². The molecule has 0 aromatic carbocycles. The minimum absolute atomic E-state index is 0.560. The Morgan fingerprint density at radius 2 is 1.04 bits per heavy atom. The molecule has 0 nitrogen and oxygen atoms in total. The van der Waals surface area contributed by atoms with Gasteiger partial charge in [0.2, 0.25) is 0 Å². The van der Waals surface area contributed by atoms with Crippen LogP contribution in [0.15, 0.2) is 0 Å². The zero-order valence-corrected chi connectivity index (χ0v) is 23.7. The highest BCUT2D eigenvalue weighted by molar-refractivity contribution is 9.09. The lowest BCUT2D eigenvalue weighted by Crippen LogP contribution is -2.15. The van der Waals surface area contributed by atoms with Gasteiger partial charge in [0.05, 0.1) is 0 Å². The quantitative estimate of drug-likeness (QED) is 0.0797. The maximum Gasteiger partial charge on any atom is 0.341 e. The van der Waals surface area contributed by atoms with E-state index in [0.29, 0.717) is 11.8 Å². The standard InChI is InChI=1S/C14H28Cl6S3Si2/c1-3-13(11-24(15,16)17)7-5-9-21-23-22-10-6-8-14(4-2)12-25(18,19)20/h13-14H,3-12H2,1-2H3. The van der Waals surface area contributed by atoms with Gasteiger partial charge in [-0.15, -0.1) is 66.5 Å². The van der Waals surface area contributed by atoms with Crippen molar-refractivity contribution in [2.24, 2.45) is 11.8 Å². The van der Waals surface area contributed by atoms with Crippen LogP contribution < -0.4 is 0 Å². The number of hydrogen-bond donors (Lipinski definition) is 0. The topological polar surface area (TPSA) is 0 Å². The summed E-state index contributed by atoms with van der Waals surface area (Å²) in [6, 6.07) is -3.39. The fraction of sp³-hybridized carbons (Fsp3) is 1.00. The molecule has 0 aliphatic rings. The van der Waals surface area contributed by atoms with E-state index in [-0.39, 0.29) is 0 Å². The van der Waals surface area contributed by atoms with Gasteiger partial charge in [-0.25, -0.2) is 0 Å². The summed E-state index contributed by atoms with van der Waals surface area (Å²) in [5, 5.41) is 0. The van der Waals surface area contributed by atoms with Crippen LogP contribution in [0.5, 0.6) is 0 Å². The smallest absolute Gasteiger partial charge is 0.126 e. The van der Waals surface area contributed by atoms with Crippen LogP contribution in [0.3, 0.4) is 0 Å². The lowest BCUT2D eigenvalue weighted by molar-refractivity contribution is 0.509.